The Morgan fingerprint density at radius 1 is 1.45 bits per heavy atom. The molecule has 3 N–H and O–H groups in total. The van der Waals surface area contributed by atoms with E-state index in [1.807, 2.05) is 12.1 Å². The summed E-state index contributed by atoms with van der Waals surface area (Å²) < 4.78 is 5.23. The van der Waals surface area contributed by atoms with Crippen molar-refractivity contribution in [2.45, 2.75) is 31.8 Å². The van der Waals surface area contributed by atoms with Crippen LogP contribution in [-0.4, -0.2) is 48.8 Å². The number of aliphatic hydroxyl groups excluding tert-OH is 1. The van der Waals surface area contributed by atoms with Crippen molar-refractivity contribution in [3.8, 4) is 5.75 Å². The van der Waals surface area contributed by atoms with Crippen molar-refractivity contribution in [2.24, 2.45) is 11.7 Å². The fourth-order valence-electron chi connectivity index (χ4n) is 3.06. The number of nitrogens with zero attached hydrogens (tertiary/aromatic N) is 1. The summed E-state index contributed by atoms with van der Waals surface area (Å²) in [6.45, 7) is 2.89. The average molecular weight is 306 g/mol. The largest absolute Gasteiger partial charge is 0.497 e. The van der Waals surface area contributed by atoms with Gasteiger partial charge in [0.15, 0.2) is 0 Å². The fraction of sp³-hybridized carbons (Fsp3) is 0.588. The summed E-state index contributed by atoms with van der Waals surface area (Å²) in [6, 6.07) is 8.18. The quantitative estimate of drug-likeness (QED) is 0.793. The average Bonchev–Trinajstić information content (AvgIpc) is 2.55. The van der Waals surface area contributed by atoms with Crippen LogP contribution in [-0.2, 0) is 11.2 Å². The summed E-state index contributed by atoms with van der Waals surface area (Å²) >= 11 is 0. The van der Waals surface area contributed by atoms with Gasteiger partial charge in [0.1, 0.15) is 11.9 Å². The standard InChI is InChI=1S/C17H26N2O3/c1-22-15-6-2-4-13(12-15)5-3-9-19-10-7-14(8-11-19)16(20)17(18)21/h2,4,6,12,14,16,20H,3,5,7-11H2,1H3,(H2,18,21). The second-order valence-corrected chi connectivity index (χ2v) is 5.98. The van der Waals surface area contributed by atoms with E-state index in [4.69, 9.17) is 10.5 Å². The molecule has 1 amide bonds. The molecule has 5 nitrogen and oxygen atoms in total. The molecule has 1 aliphatic rings. The number of nitrogens with two attached hydrogens (primary N) is 1. The van der Waals surface area contributed by atoms with Crippen LogP contribution in [0, 0.1) is 5.92 Å². The summed E-state index contributed by atoms with van der Waals surface area (Å²) in [5, 5.41) is 9.71. The minimum Gasteiger partial charge on any atom is -0.497 e. The first-order chi connectivity index (χ1) is 10.6. The molecule has 1 aromatic rings. The molecule has 5 heteroatoms. The van der Waals surface area contributed by atoms with Gasteiger partial charge in [-0.3, -0.25) is 4.79 Å². The van der Waals surface area contributed by atoms with Gasteiger partial charge in [-0.25, -0.2) is 0 Å². The molecule has 2 rings (SSSR count). The van der Waals surface area contributed by atoms with Gasteiger partial charge >= 0.3 is 0 Å². The minimum atomic E-state index is -0.987. The smallest absolute Gasteiger partial charge is 0.246 e. The van der Waals surface area contributed by atoms with E-state index >= 15 is 0 Å². The summed E-state index contributed by atoms with van der Waals surface area (Å²) in [5.74, 6) is 0.322. The van der Waals surface area contributed by atoms with Crippen molar-refractivity contribution in [3.63, 3.8) is 0 Å². The lowest BCUT2D eigenvalue weighted by Crippen LogP contribution is -2.43. The summed E-state index contributed by atoms with van der Waals surface area (Å²) in [5.41, 5.74) is 6.45. The number of methoxy groups -OCH3 is 1. The number of hydrogen-bond acceptors (Lipinski definition) is 4. The van der Waals surface area contributed by atoms with E-state index in [-0.39, 0.29) is 5.92 Å². The number of carbonyl (C=O) groups excluding carboxylic acids is 1. The Hall–Kier alpha value is -1.59. The summed E-state index contributed by atoms with van der Waals surface area (Å²) in [6.07, 6.45) is 2.81. The Morgan fingerprint density at radius 2 is 2.18 bits per heavy atom. The van der Waals surface area contributed by atoms with Crippen molar-refractivity contribution in [1.29, 1.82) is 0 Å². The zero-order chi connectivity index (χ0) is 15.9. The van der Waals surface area contributed by atoms with Gasteiger partial charge in [0.2, 0.25) is 5.91 Å². The monoisotopic (exact) mass is 306 g/mol. The third-order valence-electron chi connectivity index (χ3n) is 4.44. The molecule has 0 radical (unpaired) electrons. The number of likely N-dealkylation sites (tertiary alicyclic amines) is 1. The third kappa shape index (κ3) is 4.71. The van der Waals surface area contributed by atoms with Gasteiger partial charge in [-0.1, -0.05) is 12.1 Å². The zero-order valence-electron chi connectivity index (χ0n) is 13.2. The highest BCUT2D eigenvalue weighted by Crippen LogP contribution is 2.21. The fourth-order valence-corrected chi connectivity index (χ4v) is 3.06. The molecule has 1 fully saturated rings. The van der Waals surface area contributed by atoms with Crippen molar-refractivity contribution < 1.29 is 14.6 Å². The number of primary amides is 1. The first-order valence-corrected chi connectivity index (χ1v) is 7.93. The van der Waals surface area contributed by atoms with Crippen LogP contribution in [0.15, 0.2) is 24.3 Å². The van der Waals surface area contributed by atoms with Crippen molar-refractivity contribution in [3.05, 3.63) is 29.8 Å². The third-order valence-corrected chi connectivity index (χ3v) is 4.44. The van der Waals surface area contributed by atoms with Crippen LogP contribution in [0.4, 0.5) is 0 Å². The minimum absolute atomic E-state index is 0.0205. The Morgan fingerprint density at radius 3 is 2.82 bits per heavy atom. The normalized spacial score (nSPS) is 18.1. The second-order valence-electron chi connectivity index (χ2n) is 5.98. The first-order valence-electron chi connectivity index (χ1n) is 7.93. The van der Waals surface area contributed by atoms with Gasteiger partial charge in [-0.05, 0) is 68.9 Å². The molecule has 122 valence electrons. The Bertz CT molecular complexity index is 485. The molecule has 0 aromatic heterocycles. The molecule has 1 aliphatic heterocycles. The molecule has 0 spiro atoms. The maximum atomic E-state index is 11.0. The lowest BCUT2D eigenvalue weighted by atomic mass is 9.91. The van der Waals surface area contributed by atoms with Crippen LogP contribution in [0.25, 0.3) is 0 Å². The molecule has 0 bridgehead atoms. The molecule has 1 saturated heterocycles. The van der Waals surface area contributed by atoms with Gasteiger partial charge in [0.25, 0.3) is 0 Å². The Labute approximate surface area is 132 Å². The van der Waals surface area contributed by atoms with E-state index in [2.05, 4.69) is 17.0 Å². The molecular formula is C17H26N2O3. The Balaban J connectivity index is 1.69. The van der Waals surface area contributed by atoms with Crippen molar-refractivity contribution in [1.82, 2.24) is 4.90 Å². The number of amides is 1. The van der Waals surface area contributed by atoms with Crippen LogP contribution in [0.1, 0.15) is 24.8 Å². The predicted molar refractivity (Wildman–Crippen MR) is 85.7 cm³/mol. The number of aliphatic hydroxyl groups is 1. The lowest BCUT2D eigenvalue weighted by molar-refractivity contribution is -0.129. The molecule has 0 aliphatic carbocycles. The molecule has 0 saturated carbocycles. The van der Waals surface area contributed by atoms with Gasteiger partial charge in [-0.15, -0.1) is 0 Å². The molecule has 1 aromatic carbocycles. The van der Waals surface area contributed by atoms with Crippen molar-refractivity contribution >= 4 is 5.91 Å². The number of ether oxygens (including phenoxy) is 1. The van der Waals surface area contributed by atoms with Crippen LogP contribution < -0.4 is 10.5 Å². The van der Waals surface area contributed by atoms with Crippen molar-refractivity contribution in [2.75, 3.05) is 26.7 Å². The summed E-state index contributed by atoms with van der Waals surface area (Å²) in [4.78, 5) is 13.4. The number of hydrogen-bond donors (Lipinski definition) is 2. The predicted octanol–water partition coefficient (Wildman–Crippen LogP) is 1.19. The topological polar surface area (TPSA) is 75.8 Å². The number of benzene rings is 1. The molecule has 1 heterocycles. The van der Waals surface area contributed by atoms with E-state index < -0.39 is 12.0 Å². The number of rotatable bonds is 7. The van der Waals surface area contributed by atoms with Gasteiger partial charge in [0.05, 0.1) is 7.11 Å². The Kier molecular flexibility index (Phi) is 6.21. The van der Waals surface area contributed by atoms with Crippen LogP contribution in [0.5, 0.6) is 5.75 Å². The lowest BCUT2D eigenvalue weighted by Gasteiger charge is -2.33. The number of aryl methyl sites for hydroxylation is 1. The zero-order valence-corrected chi connectivity index (χ0v) is 13.2. The second kappa shape index (κ2) is 8.15. The molecular weight excluding hydrogens is 280 g/mol. The van der Waals surface area contributed by atoms with E-state index in [9.17, 15) is 9.90 Å². The summed E-state index contributed by atoms with van der Waals surface area (Å²) in [7, 11) is 1.68. The van der Waals surface area contributed by atoms with E-state index in [0.717, 1.165) is 51.1 Å². The van der Waals surface area contributed by atoms with Gasteiger partial charge < -0.3 is 20.5 Å². The van der Waals surface area contributed by atoms with Crippen LogP contribution >= 0.6 is 0 Å². The molecule has 22 heavy (non-hydrogen) atoms. The maximum Gasteiger partial charge on any atom is 0.246 e. The van der Waals surface area contributed by atoms with E-state index in [1.165, 1.54) is 5.56 Å². The van der Waals surface area contributed by atoms with Gasteiger partial charge in [-0.2, -0.15) is 0 Å². The van der Waals surface area contributed by atoms with E-state index in [0.29, 0.717) is 0 Å². The highest BCUT2D eigenvalue weighted by atomic mass is 16.5. The maximum absolute atomic E-state index is 11.0. The highest BCUT2D eigenvalue weighted by Gasteiger charge is 2.28. The highest BCUT2D eigenvalue weighted by molar-refractivity contribution is 5.78. The van der Waals surface area contributed by atoms with Gasteiger partial charge in [0, 0.05) is 0 Å². The molecule has 1 atom stereocenters. The van der Waals surface area contributed by atoms with Crippen LogP contribution in [0.3, 0.4) is 0 Å². The van der Waals surface area contributed by atoms with E-state index in [1.54, 1.807) is 7.11 Å². The van der Waals surface area contributed by atoms with Crippen LogP contribution in [0.2, 0.25) is 0 Å². The SMILES string of the molecule is COc1cccc(CCCN2CCC(C(O)C(N)=O)CC2)c1. The molecule has 1 unspecified atom stereocenters. The number of piperidine rings is 1. The first kappa shape index (κ1) is 16.8. The number of carbonyl (C=O) groups is 1.